The molecule has 0 saturated heterocycles. The first kappa shape index (κ1) is 12.1. The Morgan fingerprint density at radius 3 is 3.07 bits per heavy atom. The van der Waals surface area contributed by atoms with Crippen LogP contribution in [0, 0.1) is 11.3 Å². The maximum atomic E-state index is 8.46. The van der Waals surface area contributed by atoms with E-state index in [9.17, 15) is 0 Å². The van der Waals surface area contributed by atoms with Crippen LogP contribution in [0.2, 0.25) is 0 Å². The summed E-state index contributed by atoms with van der Waals surface area (Å²) in [6, 6.07) is 2.15. The molecule has 15 heavy (non-hydrogen) atoms. The van der Waals surface area contributed by atoms with Crippen molar-refractivity contribution in [3.8, 4) is 6.07 Å². The molecular weight excluding hydrogens is 206 g/mol. The van der Waals surface area contributed by atoms with Crippen LogP contribution in [-0.2, 0) is 13.1 Å². The summed E-state index contributed by atoms with van der Waals surface area (Å²) in [5.74, 6) is 1.25. The number of nitrogens with zero attached hydrogens (tertiary/aromatic N) is 3. The predicted octanol–water partition coefficient (Wildman–Crippen LogP) is 1.83. The molecule has 0 aliphatic rings. The molecule has 0 aliphatic carbocycles. The van der Waals surface area contributed by atoms with Gasteiger partial charge >= 0.3 is 0 Å². The molecule has 4 heteroatoms. The number of unbranched alkanes of at least 4 members (excludes halogenated alkanes) is 1. The van der Waals surface area contributed by atoms with Crippen LogP contribution in [0.15, 0.2) is 18.7 Å². The van der Waals surface area contributed by atoms with Crippen molar-refractivity contribution in [2.75, 3.05) is 12.0 Å². The summed E-state index contributed by atoms with van der Waals surface area (Å²) in [4.78, 5) is 0. The minimum absolute atomic E-state index is 0.584. The zero-order chi connectivity index (χ0) is 10.9. The largest absolute Gasteiger partial charge is 0.243 e. The van der Waals surface area contributed by atoms with Crippen LogP contribution in [0.1, 0.15) is 19.3 Å². The highest BCUT2D eigenvalue weighted by Crippen LogP contribution is 2.00. The highest BCUT2D eigenvalue weighted by atomic mass is 32.2. The van der Waals surface area contributed by atoms with Crippen LogP contribution in [-0.4, -0.2) is 16.6 Å². The molecule has 82 valence electrons. The van der Waals surface area contributed by atoms with Gasteiger partial charge in [0.2, 0.25) is 6.33 Å². The van der Waals surface area contributed by atoms with Crippen LogP contribution in [0.5, 0.6) is 0 Å². The molecule has 0 saturated carbocycles. The summed E-state index contributed by atoms with van der Waals surface area (Å²) < 4.78 is 4.26. The SMILES string of the molecule is CSCCCCn1cc[n+](CCC#N)c1. The van der Waals surface area contributed by atoms with Gasteiger partial charge in [0, 0.05) is 0 Å². The molecule has 0 unspecified atom stereocenters. The van der Waals surface area contributed by atoms with Crippen LogP contribution in [0.4, 0.5) is 0 Å². The Kier molecular flexibility index (Phi) is 5.94. The van der Waals surface area contributed by atoms with E-state index in [1.54, 1.807) is 0 Å². The van der Waals surface area contributed by atoms with Crippen LogP contribution >= 0.6 is 11.8 Å². The number of thioether (sulfide) groups is 1. The van der Waals surface area contributed by atoms with E-state index in [1.165, 1.54) is 18.6 Å². The highest BCUT2D eigenvalue weighted by Gasteiger charge is 2.02. The molecule has 0 bridgehead atoms. The lowest BCUT2D eigenvalue weighted by atomic mass is 10.3. The Bertz CT molecular complexity index is 314. The summed E-state index contributed by atoms with van der Waals surface area (Å²) in [5.41, 5.74) is 0. The molecule has 1 heterocycles. The summed E-state index contributed by atoms with van der Waals surface area (Å²) in [5, 5.41) is 8.46. The van der Waals surface area contributed by atoms with Gasteiger partial charge in [-0.1, -0.05) is 0 Å². The molecule has 0 radical (unpaired) electrons. The average Bonchev–Trinajstić information content (AvgIpc) is 2.69. The number of nitriles is 1. The van der Waals surface area contributed by atoms with E-state index in [4.69, 9.17) is 5.26 Å². The van der Waals surface area contributed by atoms with E-state index in [1.807, 2.05) is 18.0 Å². The van der Waals surface area contributed by atoms with Crippen molar-refractivity contribution in [1.29, 1.82) is 5.26 Å². The van der Waals surface area contributed by atoms with Crippen molar-refractivity contribution < 1.29 is 4.57 Å². The molecule has 0 fully saturated rings. The van der Waals surface area contributed by atoms with Crippen molar-refractivity contribution >= 4 is 11.8 Å². The van der Waals surface area contributed by atoms with Crippen molar-refractivity contribution in [2.45, 2.75) is 32.4 Å². The zero-order valence-electron chi connectivity index (χ0n) is 9.22. The highest BCUT2D eigenvalue weighted by molar-refractivity contribution is 7.98. The fourth-order valence-electron chi connectivity index (χ4n) is 1.42. The minimum atomic E-state index is 0.584. The fourth-order valence-corrected chi connectivity index (χ4v) is 1.92. The molecule has 0 amide bonds. The maximum absolute atomic E-state index is 8.46. The Labute approximate surface area is 95.7 Å². The Balaban J connectivity index is 2.24. The molecule has 1 rings (SSSR count). The lowest BCUT2D eigenvalue weighted by Gasteiger charge is -1.95. The lowest BCUT2D eigenvalue weighted by molar-refractivity contribution is -0.695. The number of imidazole rings is 1. The van der Waals surface area contributed by atoms with E-state index in [0.29, 0.717) is 6.42 Å². The van der Waals surface area contributed by atoms with Gasteiger partial charge in [-0.05, 0) is 24.9 Å². The summed E-state index contributed by atoms with van der Waals surface area (Å²) in [6.07, 6.45) is 11.4. The maximum Gasteiger partial charge on any atom is 0.243 e. The molecule has 1 aromatic rings. The van der Waals surface area contributed by atoms with Gasteiger partial charge in [-0.3, -0.25) is 0 Å². The minimum Gasteiger partial charge on any atom is -0.237 e. The topological polar surface area (TPSA) is 32.6 Å². The van der Waals surface area contributed by atoms with Gasteiger partial charge in [0.05, 0.1) is 19.0 Å². The molecular formula is C11H18N3S+. The number of rotatable bonds is 7. The predicted molar refractivity (Wildman–Crippen MR) is 62.5 cm³/mol. The molecule has 0 aliphatic heterocycles. The van der Waals surface area contributed by atoms with E-state index in [-0.39, 0.29) is 0 Å². The summed E-state index contributed by atoms with van der Waals surface area (Å²) >= 11 is 1.90. The van der Waals surface area contributed by atoms with Gasteiger partial charge in [-0.15, -0.1) is 0 Å². The van der Waals surface area contributed by atoms with Gasteiger partial charge in [-0.25, -0.2) is 9.13 Å². The number of aryl methyl sites for hydroxylation is 2. The Morgan fingerprint density at radius 1 is 1.47 bits per heavy atom. The van der Waals surface area contributed by atoms with Crippen LogP contribution in [0.3, 0.4) is 0 Å². The van der Waals surface area contributed by atoms with Crippen molar-refractivity contribution in [2.24, 2.45) is 0 Å². The molecule has 0 atom stereocenters. The average molecular weight is 224 g/mol. The van der Waals surface area contributed by atoms with Gasteiger partial charge in [0.25, 0.3) is 0 Å². The molecule has 0 spiro atoms. The third-order valence-electron chi connectivity index (χ3n) is 2.24. The molecule has 1 aromatic heterocycles. The van der Waals surface area contributed by atoms with Gasteiger partial charge in [0.1, 0.15) is 18.9 Å². The number of hydrogen-bond acceptors (Lipinski definition) is 2. The summed E-state index contributed by atoms with van der Waals surface area (Å²) in [7, 11) is 0. The quantitative estimate of drug-likeness (QED) is 0.523. The van der Waals surface area contributed by atoms with Crippen LogP contribution in [0.25, 0.3) is 0 Å². The Morgan fingerprint density at radius 2 is 2.33 bits per heavy atom. The van der Waals surface area contributed by atoms with E-state index in [2.05, 4.69) is 34.0 Å². The van der Waals surface area contributed by atoms with E-state index >= 15 is 0 Å². The molecule has 0 N–H and O–H groups in total. The second-order valence-corrected chi connectivity index (χ2v) is 4.48. The first-order valence-corrected chi connectivity index (χ1v) is 6.67. The molecule has 0 aromatic carbocycles. The third kappa shape index (κ3) is 4.89. The van der Waals surface area contributed by atoms with E-state index < -0.39 is 0 Å². The van der Waals surface area contributed by atoms with Gasteiger partial charge in [0.15, 0.2) is 0 Å². The van der Waals surface area contributed by atoms with Gasteiger partial charge < -0.3 is 0 Å². The fraction of sp³-hybridized carbons (Fsp3) is 0.636. The van der Waals surface area contributed by atoms with E-state index in [0.717, 1.165) is 13.1 Å². The standard InChI is InChI=1S/C11H18N3S/c1-15-10-3-2-6-13-8-9-14(11-13)7-4-5-12/h8-9,11H,2-4,6-7,10H2,1H3/q+1. The van der Waals surface area contributed by atoms with Crippen molar-refractivity contribution in [3.05, 3.63) is 18.7 Å². The first-order valence-electron chi connectivity index (χ1n) is 5.27. The first-order chi connectivity index (χ1) is 7.36. The van der Waals surface area contributed by atoms with Crippen molar-refractivity contribution in [3.63, 3.8) is 0 Å². The lowest BCUT2D eigenvalue weighted by Crippen LogP contribution is -2.30. The zero-order valence-corrected chi connectivity index (χ0v) is 10.0. The Hall–Kier alpha value is -0.950. The normalized spacial score (nSPS) is 10.1. The van der Waals surface area contributed by atoms with Crippen molar-refractivity contribution in [1.82, 2.24) is 4.57 Å². The monoisotopic (exact) mass is 224 g/mol. The molecule has 3 nitrogen and oxygen atoms in total. The van der Waals surface area contributed by atoms with Gasteiger partial charge in [-0.2, -0.15) is 17.0 Å². The summed E-state index contributed by atoms with van der Waals surface area (Å²) in [6.45, 7) is 1.88. The number of aromatic nitrogens is 2. The number of hydrogen-bond donors (Lipinski definition) is 0. The second kappa shape index (κ2) is 7.36. The second-order valence-electron chi connectivity index (χ2n) is 3.50. The smallest absolute Gasteiger partial charge is 0.237 e. The van der Waals surface area contributed by atoms with Crippen LogP contribution < -0.4 is 4.57 Å². The third-order valence-corrected chi connectivity index (χ3v) is 2.94.